The Morgan fingerprint density at radius 3 is 2.78 bits per heavy atom. The van der Waals surface area contributed by atoms with E-state index in [9.17, 15) is 14.4 Å². The van der Waals surface area contributed by atoms with Crippen LogP contribution >= 0.6 is 0 Å². The van der Waals surface area contributed by atoms with Gasteiger partial charge in [0.05, 0.1) is 6.04 Å². The van der Waals surface area contributed by atoms with Crippen LogP contribution in [0.5, 0.6) is 0 Å². The summed E-state index contributed by atoms with van der Waals surface area (Å²) in [5.41, 5.74) is 8.37. The highest BCUT2D eigenvalue weighted by molar-refractivity contribution is 6.01. The summed E-state index contributed by atoms with van der Waals surface area (Å²) >= 11 is 0. The molecule has 3 heterocycles. The number of hydrogen-bond donors (Lipinski definition) is 3. The quantitative estimate of drug-likeness (QED) is 0.619. The van der Waals surface area contributed by atoms with Crippen LogP contribution in [-0.4, -0.2) is 53.0 Å². The summed E-state index contributed by atoms with van der Waals surface area (Å²) in [6.45, 7) is 2.53. The molecule has 168 valence electrons. The van der Waals surface area contributed by atoms with Gasteiger partial charge in [-0.25, -0.2) is 14.7 Å². The Morgan fingerprint density at radius 2 is 2.03 bits per heavy atom. The van der Waals surface area contributed by atoms with Crippen molar-refractivity contribution in [3.05, 3.63) is 59.3 Å². The molecule has 0 aliphatic carbocycles. The van der Waals surface area contributed by atoms with Gasteiger partial charge >= 0.3 is 6.09 Å². The third-order valence-electron chi connectivity index (χ3n) is 5.97. The summed E-state index contributed by atoms with van der Waals surface area (Å²) in [6, 6.07) is 12.0. The van der Waals surface area contributed by atoms with Crippen LogP contribution in [-0.2, 0) is 27.3 Å². The molecule has 2 aliphatic heterocycles. The Morgan fingerprint density at radius 1 is 1.25 bits per heavy atom. The van der Waals surface area contributed by atoms with Gasteiger partial charge in [0.25, 0.3) is 0 Å². The molecular formula is C23H27N5O4. The van der Waals surface area contributed by atoms with E-state index in [1.807, 2.05) is 18.2 Å². The lowest BCUT2D eigenvalue weighted by Crippen LogP contribution is -2.53. The molecule has 0 spiro atoms. The number of rotatable bonds is 6. The van der Waals surface area contributed by atoms with Crippen molar-refractivity contribution in [3.63, 3.8) is 0 Å². The normalized spacial score (nSPS) is 22.6. The fraction of sp³-hybridized carbons (Fsp3) is 0.391. The number of carbonyl (C=O) groups excluding carboxylic acids is 3. The Hall–Kier alpha value is -3.46. The van der Waals surface area contributed by atoms with Gasteiger partial charge in [0.1, 0.15) is 12.4 Å². The highest BCUT2D eigenvalue weighted by Gasteiger charge is 2.45. The molecule has 2 fully saturated rings. The van der Waals surface area contributed by atoms with Crippen LogP contribution in [0.2, 0.25) is 0 Å². The summed E-state index contributed by atoms with van der Waals surface area (Å²) in [5, 5.41) is 5.98. The van der Waals surface area contributed by atoms with Gasteiger partial charge < -0.3 is 21.1 Å². The van der Waals surface area contributed by atoms with E-state index >= 15 is 0 Å². The number of aryl methyl sites for hydroxylation is 1. The fourth-order valence-corrected chi connectivity index (χ4v) is 4.22. The summed E-state index contributed by atoms with van der Waals surface area (Å²) in [6.07, 6.45) is 0.664. The molecular weight excluding hydrogens is 410 g/mol. The number of nitrogen functional groups attached to an aromatic ring is 1. The van der Waals surface area contributed by atoms with Crippen molar-refractivity contribution in [1.82, 2.24) is 20.5 Å². The maximum absolute atomic E-state index is 13.1. The third-order valence-corrected chi connectivity index (χ3v) is 5.97. The van der Waals surface area contributed by atoms with Crippen LogP contribution in [0, 0.1) is 12.8 Å². The second-order valence-electron chi connectivity index (χ2n) is 8.25. The van der Waals surface area contributed by atoms with E-state index in [0.29, 0.717) is 24.5 Å². The van der Waals surface area contributed by atoms with Crippen LogP contribution in [0.4, 0.5) is 10.6 Å². The van der Waals surface area contributed by atoms with E-state index in [-0.39, 0.29) is 19.1 Å². The van der Waals surface area contributed by atoms with Crippen molar-refractivity contribution in [3.8, 4) is 0 Å². The summed E-state index contributed by atoms with van der Waals surface area (Å²) in [4.78, 5) is 43.3. The smallest absolute Gasteiger partial charge is 0.417 e. The minimum Gasteiger partial charge on any atom is -0.446 e. The SMILES string of the molecule is Cc1nc(N)ccc1CNC(=O)[C@@H]1COC(=O)N1C(=O)[C@H]1C[C@H](Cc2ccccc2)CN1. The van der Waals surface area contributed by atoms with Crippen molar-refractivity contribution in [2.75, 3.05) is 18.9 Å². The molecule has 9 nitrogen and oxygen atoms in total. The summed E-state index contributed by atoms with van der Waals surface area (Å²) in [7, 11) is 0. The number of hydrogen-bond acceptors (Lipinski definition) is 7. The number of carbonyl (C=O) groups is 3. The number of ether oxygens (including phenoxy) is 1. The maximum atomic E-state index is 13.1. The molecule has 2 aliphatic rings. The fourth-order valence-electron chi connectivity index (χ4n) is 4.22. The average Bonchev–Trinajstić information content (AvgIpc) is 3.40. The second kappa shape index (κ2) is 9.35. The van der Waals surface area contributed by atoms with Crippen molar-refractivity contribution in [2.24, 2.45) is 5.92 Å². The van der Waals surface area contributed by atoms with E-state index < -0.39 is 30.0 Å². The molecule has 1 aromatic heterocycles. The van der Waals surface area contributed by atoms with Gasteiger partial charge in [-0.2, -0.15) is 0 Å². The van der Waals surface area contributed by atoms with Gasteiger partial charge in [-0.15, -0.1) is 0 Å². The molecule has 9 heteroatoms. The van der Waals surface area contributed by atoms with Crippen molar-refractivity contribution < 1.29 is 19.1 Å². The molecule has 2 aromatic rings. The molecule has 0 unspecified atom stereocenters. The van der Waals surface area contributed by atoms with Crippen molar-refractivity contribution >= 4 is 23.7 Å². The Labute approximate surface area is 186 Å². The monoisotopic (exact) mass is 437 g/mol. The topological polar surface area (TPSA) is 127 Å². The number of imide groups is 1. The molecule has 0 saturated carbocycles. The Kier molecular flexibility index (Phi) is 6.36. The zero-order valence-electron chi connectivity index (χ0n) is 17.9. The minimum atomic E-state index is -0.993. The van der Waals surface area contributed by atoms with E-state index in [1.165, 1.54) is 5.56 Å². The number of cyclic esters (lactones) is 1. The van der Waals surface area contributed by atoms with Gasteiger partial charge in [-0.05, 0) is 49.4 Å². The largest absolute Gasteiger partial charge is 0.446 e. The molecule has 0 radical (unpaired) electrons. The molecule has 0 bridgehead atoms. The van der Waals surface area contributed by atoms with Crippen molar-refractivity contribution in [2.45, 2.75) is 38.4 Å². The van der Waals surface area contributed by atoms with Crippen LogP contribution in [0.3, 0.4) is 0 Å². The number of benzene rings is 1. The van der Waals surface area contributed by atoms with E-state index in [1.54, 1.807) is 19.1 Å². The lowest BCUT2D eigenvalue weighted by atomic mass is 9.96. The number of anilines is 1. The van der Waals surface area contributed by atoms with E-state index in [4.69, 9.17) is 10.5 Å². The van der Waals surface area contributed by atoms with Crippen LogP contribution < -0.4 is 16.4 Å². The number of nitrogens with zero attached hydrogens (tertiary/aromatic N) is 2. The van der Waals surface area contributed by atoms with E-state index in [0.717, 1.165) is 16.9 Å². The number of nitrogens with two attached hydrogens (primary N) is 1. The Balaban J connectivity index is 1.36. The summed E-state index contributed by atoms with van der Waals surface area (Å²) < 4.78 is 5.04. The van der Waals surface area contributed by atoms with E-state index in [2.05, 4.69) is 27.8 Å². The molecule has 1 aromatic carbocycles. The first-order chi connectivity index (χ1) is 15.4. The Bertz CT molecular complexity index is 1010. The standard InChI is InChI=1S/C23H27N5O4/c1-14-17(7-8-20(24)27-14)12-26-21(29)19-13-32-23(31)28(19)22(30)18-10-16(11-25-18)9-15-5-3-2-4-6-15/h2-8,16,18-19,25H,9-13H2,1H3,(H2,24,27)(H,26,29)/t16-,18+,19-/m0/s1. The zero-order valence-corrected chi connectivity index (χ0v) is 17.9. The molecule has 3 amide bonds. The van der Waals surface area contributed by atoms with Gasteiger partial charge in [0.15, 0.2) is 6.04 Å². The molecule has 32 heavy (non-hydrogen) atoms. The highest BCUT2D eigenvalue weighted by atomic mass is 16.6. The third kappa shape index (κ3) is 4.72. The predicted molar refractivity (Wildman–Crippen MR) is 117 cm³/mol. The first-order valence-corrected chi connectivity index (χ1v) is 10.7. The van der Waals surface area contributed by atoms with Crippen molar-refractivity contribution in [1.29, 1.82) is 0 Å². The summed E-state index contributed by atoms with van der Waals surface area (Å²) in [5.74, 6) is -0.190. The lowest BCUT2D eigenvalue weighted by Gasteiger charge is -2.22. The number of amides is 3. The average molecular weight is 438 g/mol. The minimum absolute atomic E-state index is 0.157. The highest BCUT2D eigenvalue weighted by Crippen LogP contribution is 2.23. The van der Waals surface area contributed by atoms with Gasteiger partial charge in [0, 0.05) is 12.2 Å². The second-order valence-corrected chi connectivity index (χ2v) is 8.25. The lowest BCUT2D eigenvalue weighted by molar-refractivity contribution is -0.136. The number of pyridine rings is 1. The van der Waals surface area contributed by atoms with Gasteiger partial charge in [-0.1, -0.05) is 36.4 Å². The molecule has 3 atom stereocenters. The zero-order chi connectivity index (χ0) is 22.7. The number of nitrogens with one attached hydrogen (secondary N) is 2. The molecule has 4 N–H and O–H groups in total. The molecule has 4 rings (SSSR count). The van der Waals surface area contributed by atoms with Gasteiger partial charge in [-0.3, -0.25) is 9.59 Å². The van der Waals surface area contributed by atoms with Gasteiger partial charge in [0.2, 0.25) is 11.8 Å². The number of aromatic nitrogens is 1. The van der Waals surface area contributed by atoms with Crippen LogP contribution in [0.15, 0.2) is 42.5 Å². The first kappa shape index (κ1) is 21.8. The van der Waals surface area contributed by atoms with Crippen LogP contribution in [0.1, 0.15) is 23.2 Å². The van der Waals surface area contributed by atoms with Crippen LogP contribution in [0.25, 0.3) is 0 Å². The maximum Gasteiger partial charge on any atom is 0.417 e. The first-order valence-electron chi connectivity index (χ1n) is 10.7. The molecule has 2 saturated heterocycles. The predicted octanol–water partition coefficient (Wildman–Crippen LogP) is 1.16.